The number of rotatable bonds is 5. The molecule has 4 atom stereocenters. The lowest BCUT2D eigenvalue weighted by Crippen LogP contribution is -2.34. The van der Waals surface area contributed by atoms with Crippen molar-refractivity contribution in [2.45, 2.75) is 19.0 Å². The summed E-state index contributed by atoms with van der Waals surface area (Å²) in [7, 11) is 0.409. The van der Waals surface area contributed by atoms with Gasteiger partial charge in [0.25, 0.3) is 0 Å². The molecule has 1 aliphatic rings. The third kappa shape index (κ3) is 2.34. The molecule has 3 nitrogen and oxygen atoms in total. The minimum Gasteiger partial charge on any atom is -0.333 e. The Bertz CT molecular complexity index is 326. The van der Waals surface area contributed by atoms with Crippen LogP contribution in [0.3, 0.4) is 0 Å². The molecule has 17 heavy (non-hydrogen) atoms. The van der Waals surface area contributed by atoms with Gasteiger partial charge in [0.2, 0.25) is 19.2 Å². The number of carbonyl (C=O) groups is 2. The van der Waals surface area contributed by atoms with E-state index in [-0.39, 0.29) is 28.9 Å². The first-order chi connectivity index (χ1) is 7.99. The third-order valence-corrected chi connectivity index (χ3v) is 3.89. The van der Waals surface area contributed by atoms with Crippen LogP contribution in [0.2, 0.25) is 6.82 Å². The van der Waals surface area contributed by atoms with Crippen molar-refractivity contribution in [1.82, 2.24) is 4.81 Å². The first-order valence-electron chi connectivity index (χ1n) is 5.77. The number of amides is 2. The lowest BCUT2D eigenvalue weighted by Gasteiger charge is -2.22. The topological polar surface area (TPSA) is 37.4 Å². The van der Waals surface area contributed by atoms with Crippen LogP contribution in [0.25, 0.3) is 0 Å². The van der Waals surface area contributed by atoms with Gasteiger partial charge in [-0.3, -0.25) is 9.59 Å². The molecule has 1 aliphatic heterocycles. The highest BCUT2D eigenvalue weighted by Crippen LogP contribution is 2.36. The van der Waals surface area contributed by atoms with Crippen molar-refractivity contribution >= 4 is 31.9 Å². The van der Waals surface area contributed by atoms with Gasteiger partial charge in [-0.1, -0.05) is 25.9 Å². The Labute approximate surface area is 109 Å². The molecule has 0 saturated carbocycles. The van der Waals surface area contributed by atoms with Gasteiger partial charge < -0.3 is 4.81 Å². The first kappa shape index (κ1) is 14.1. The Morgan fingerprint density at radius 3 is 2.24 bits per heavy atom. The van der Waals surface area contributed by atoms with E-state index in [0.29, 0.717) is 7.41 Å². The summed E-state index contributed by atoms with van der Waals surface area (Å²) in [4.78, 5) is 25.6. The standard InChI is InChI=1S/C12H18BNO2S/c1-5-7(3)9-10(8(17)6-2)12(16)14(13-4)11(9)15/h5-10,13,17H,1-2H2,3-4H3. The van der Waals surface area contributed by atoms with E-state index in [9.17, 15) is 9.59 Å². The number of carbonyl (C=O) groups excluding carboxylic acids is 2. The van der Waals surface area contributed by atoms with Gasteiger partial charge in [0.15, 0.2) is 0 Å². The van der Waals surface area contributed by atoms with Crippen molar-refractivity contribution in [2.75, 3.05) is 0 Å². The molecule has 4 unspecified atom stereocenters. The van der Waals surface area contributed by atoms with Crippen LogP contribution in [-0.2, 0) is 9.59 Å². The molecular weight excluding hydrogens is 233 g/mol. The van der Waals surface area contributed by atoms with E-state index in [0.717, 1.165) is 0 Å². The van der Waals surface area contributed by atoms with Gasteiger partial charge in [-0.15, -0.1) is 13.2 Å². The summed E-state index contributed by atoms with van der Waals surface area (Å²) in [5.74, 6) is -1.08. The van der Waals surface area contributed by atoms with Crippen LogP contribution in [0.4, 0.5) is 0 Å². The molecule has 0 bridgehead atoms. The average Bonchev–Trinajstić information content (AvgIpc) is 2.58. The predicted molar refractivity (Wildman–Crippen MR) is 74.2 cm³/mol. The molecule has 0 N–H and O–H groups in total. The van der Waals surface area contributed by atoms with E-state index in [2.05, 4.69) is 25.8 Å². The number of thiol groups is 1. The summed E-state index contributed by atoms with van der Waals surface area (Å²) in [6, 6.07) is 0. The van der Waals surface area contributed by atoms with Gasteiger partial charge in [-0.05, 0) is 5.92 Å². The van der Waals surface area contributed by atoms with Crippen molar-refractivity contribution in [3.05, 3.63) is 25.3 Å². The molecule has 0 aromatic heterocycles. The van der Waals surface area contributed by atoms with Crippen molar-refractivity contribution in [1.29, 1.82) is 0 Å². The number of nitrogens with zero attached hydrogens (tertiary/aromatic N) is 1. The minimum absolute atomic E-state index is 0.0393. The Hall–Kier alpha value is -0.965. The molecule has 2 amide bonds. The van der Waals surface area contributed by atoms with Crippen molar-refractivity contribution < 1.29 is 9.59 Å². The van der Waals surface area contributed by atoms with Crippen molar-refractivity contribution in [2.24, 2.45) is 17.8 Å². The van der Waals surface area contributed by atoms with E-state index in [4.69, 9.17) is 0 Å². The highest BCUT2D eigenvalue weighted by Gasteiger charge is 2.49. The normalized spacial score (nSPS) is 27.8. The molecule has 1 rings (SSSR count). The molecule has 1 fully saturated rings. The lowest BCUT2D eigenvalue weighted by molar-refractivity contribution is -0.134. The molecule has 0 aromatic carbocycles. The van der Waals surface area contributed by atoms with E-state index in [1.807, 2.05) is 6.92 Å². The zero-order valence-electron chi connectivity index (χ0n) is 10.3. The van der Waals surface area contributed by atoms with E-state index in [1.165, 1.54) is 4.81 Å². The summed E-state index contributed by atoms with van der Waals surface area (Å²) in [6.45, 7) is 11.1. The maximum atomic E-state index is 12.2. The highest BCUT2D eigenvalue weighted by atomic mass is 32.1. The Kier molecular flexibility index (Phi) is 4.63. The Morgan fingerprint density at radius 1 is 1.29 bits per heavy atom. The summed E-state index contributed by atoms with van der Waals surface area (Å²) < 4.78 is 0. The number of hydrogen-bond acceptors (Lipinski definition) is 3. The second kappa shape index (κ2) is 5.58. The van der Waals surface area contributed by atoms with Gasteiger partial charge in [0.05, 0.1) is 11.8 Å². The number of allylic oxidation sites excluding steroid dienone is 1. The summed E-state index contributed by atoms with van der Waals surface area (Å²) in [5.41, 5.74) is 0. The van der Waals surface area contributed by atoms with Gasteiger partial charge in [0.1, 0.15) is 0 Å². The summed E-state index contributed by atoms with van der Waals surface area (Å²) in [6.07, 6.45) is 3.33. The number of hydrogen-bond donors (Lipinski definition) is 1. The SMILES string of the molecule is C=CC(C)C1C(=O)N(BC)C(=O)C1C(S)C=C. The van der Waals surface area contributed by atoms with Crippen LogP contribution in [0.1, 0.15) is 6.92 Å². The molecule has 1 heterocycles. The van der Waals surface area contributed by atoms with Crippen molar-refractivity contribution in [3.63, 3.8) is 0 Å². The number of imide groups is 1. The average molecular weight is 251 g/mol. The molecule has 0 aromatic rings. The summed E-state index contributed by atoms with van der Waals surface area (Å²) in [5, 5.41) is -0.296. The minimum atomic E-state index is -0.420. The van der Waals surface area contributed by atoms with E-state index >= 15 is 0 Å². The molecular formula is C12H18BNO2S. The predicted octanol–water partition coefficient (Wildman–Crippen LogP) is 1.29. The molecule has 1 saturated heterocycles. The lowest BCUT2D eigenvalue weighted by atomic mass is 9.82. The maximum Gasteiger partial charge on any atom is 0.246 e. The second-order valence-electron chi connectivity index (χ2n) is 4.29. The maximum absolute atomic E-state index is 12.2. The van der Waals surface area contributed by atoms with E-state index < -0.39 is 5.92 Å². The van der Waals surface area contributed by atoms with Crippen LogP contribution >= 0.6 is 12.6 Å². The second-order valence-corrected chi connectivity index (χ2v) is 4.89. The van der Waals surface area contributed by atoms with Gasteiger partial charge in [-0.25, -0.2) is 0 Å². The van der Waals surface area contributed by atoms with Gasteiger partial charge in [0, 0.05) is 5.25 Å². The third-order valence-electron chi connectivity index (χ3n) is 3.35. The molecule has 0 aliphatic carbocycles. The Morgan fingerprint density at radius 2 is 1.82 bits per heavy atom. The van der Waals surface area contributed by atoms with E-state index in [1.54, 1.807) is 19.0 Å². The monoisotopic (exact) mass is 251 g/mol. The Balaban J connectivity index is 3.13. The largest absolute Gasteiger partial charge is 0.333 e. The van der Waals surface area contributed by atoms with Gasteiger partial charge >= 0.3 is 0 Å². The first-order valence-corrected chi connectivity index (χ1v) is 6.29. The van der Waals surface area contributed by atoms with Crippen LogP contribution in [0.5, 0.6) is 0 Å². The van der Waals surface area contributed by atoms with Crippen LogP contribution in [-0.4, -0.2) is 29.3 Å². The van der Waals surface area contributed by atoms with Crippen LogP contribution in [0.15, 0.2) is 25.3 Å². The fraction of sp³-hybridized carbons (Fsp3) is 0.500. The summed E-state index contributed by atoms with van der Waals surface area (Å²) >= 11 is 4.35. The molecule has 92 valence electrons. The zero-order chi connectivity index (χ0) is 13.2. The highest BCUT2D eigenvalue weighted by molar-refractivity contribution is 7.81. The van der Waals surface area contributed by atoms with Gasteiger partial charge in [-0.2, -0.15) is 12.6 Å². The quantitative estimate of drug-likeness (QED) is 0.346. The fourth-order valence-electron chi connectivity index (χ4n) is 2.29. The molecule has 0 spiro atoms. The van der Waals surface area contributed by atoms with Crippen LogP contribution in [0, 0.1) is 17.8 Å². The molecule has 0 radical (unpaired) electrons. The molecule has 5 heteroatoms. The zero-order valence-corrected chi connectivity index (χ0v) is 11.2. The van der Waals surface area contributed by atoms with Crippen LogP contribution < -0.4 is 0 Å². The fourth-order valence-corrected chi connectivity index (χ4v) is 2.60. The smallest absolute Gasteiger partial charge is 0.246 e. The van der Waals surface area contributed by atoms with Crippen molar-refractivity contribution in [3.8, 4) is 0 Å².